The van der Waals surface area contributed by atoms with Crippen molar-refractivity contribution in [2.24, 2.45) is 0 Å². The number of hydrogen-bond donors (Lipinski definition) is 1. The number of ether oxygens (including phenoxy) is 1. The maximum absolute atomic E-state index is 11.1. The van der Waals surface area contributed by atoms with Crippen LogP contribution in [-0.4, -0.2) is 45.0 Å². The fraction of sp³-hybridized carbons (Fsp3) is 0.400. The van der Waals surface area contributed by atoms with E-state index in [1.54, 1.807) is 6.07 Å². The molecule has 3 heterocycles. The van der Waals surface area contributed by atoms with Crippen LogP contribution in [0.3, 0.4) is 0 Å². The third-order valence-corrected chi connectivity index (χ3v) is 5.01. The highest BCUT2D eigenvalue weighted by atomic mass is 35.5. The molecule has 0 saturated carbocycles. The van der Waals surface area contributed by atoms with Crippen LogP contribution in [0.5, 0.6) is 0 Å². The van der Waals surface area contributed by atoms with Crippen molar-refractivity contribution in [1.82, 2.24) is 9.97 Å². The van der Waals surface area contributed by atoms with Gasteiger partial charge >= 0.3 is 0 Å². The second-order valence-corrected chi connectivity index (χ2v) is 6.53. The van der Waals surface area contributed by atoms with E-state index in [4.69, 9.17) is 20.9 Å². The van der Waals surface area contributed by atoms with Crippen molar-refractivity contribution < 1.29 is 13.5 Å². The molecule has 2 aromatic heterocycles. The van der Waals surface area contributed by atoms with Crippen LogP contribution in [0.1, 0.15) is 0 Å². The molecular formula is C10H10ClN3O3S2. The molecule has 102 valence electrons. The first kappa shape index (κ1) is 13.2. The van der Waals surface area contributed by atoms with Crippen molar-refractivity contribution in [3.8, 4) is 0 Å². The molecule has 1 fully saturated rings. The summed E-state index contributed by atoms with van der Waals surface area (Å²) in [6.45, 7) is 2.70. The summed E-state index contributed by atoms with van der Waals surface area (Å²) in [4.78, 5) is 10.4. The van der Waals surface area contributed by atoms with Crippen LogP contribution in [0, 0.1) is 0 Å². The molecule has 19 heavy (non-hydrogen) atoms. The lowest BCUT2D eigenvalue weighted by Crippen LogP contribution is -2.36. The predicted octanol–water partition coefficient (Wildman–Crippen LogP) is 1.76. The van der Waals surface area contributed by atoms with Crippen LogP contribution in [0.15, 0.2) is 10.3 Å². The predicted molar refractivity (Wildman–Crippen MR) is 74.5 cm³/mol. The van der Waals surface area contributed by atoms with E-state index >= 15 is 0 Å². The fourth-order valence-electron chi connectivity index (χ4n) is 1.94. The molecule has 0 spiro atoms. The number of morpholine rings is 1. The van der Waals surface area contributed by atoms with Gasteiger partial charge in [-0.15, -0.1) is 11.3 Å². The molecule has 0 bridgehead atoms. The number of thiophene rings is 1. The molecule has 1 unspecified atom stereocenters. The summed E-state index contributed by atoms with van der Waals surface area (Å²) in [5, 5.41) is 0.141. The first-order valence-electron chi connectivity index (χ1n) is 5.56. The minimum atomic E-state index is -2.02. The van der Waals surface area contributed by atoms with Gasteiger partial charge in [0.05, 0.1) is 23.4 Å². The lowest BCUT2D eigenvalue weighted by molar-refractivity contribution is 0.122. The van der Waals surface area contributed by atoms with Gasteiger partial charge in [0.1, 0.15) is 4.21 Å². The van der Waals surface area contributed by atoms with Gasteiger partial charge < -0.3 is 14.2 Å². The van der Waals surface area contributed by atoms with Crippen LogP contribution in [-0.2, 0) is 15.8 Å². The molecule has 1 aliphatic heterocycles. The summed E-state index contributed by atoms with van der Waals surface area (Å²) in [5.74, 6) is 0.708. The summed E-state index contributed by atoms with van der Waals surface area (Å²) in [6, 6.07) is 1.58. The first-order chi connectivity index (χ1) is 9.15. The molecule has 1 N–H and O–H groups in total. The van der Waals surface area contributed by atoms with Gasteiger partial charge in [-0.3, -0.25) is 0 Å². The van der Waals surface area contributed by atoms with Crippen LogP contribution >= 0.6 is 22.9 Å². The Morgan fingerprint density at radius 1 is 1.42 bits per heavy atom. The molecule has 1 atom stereocenters. The highest BCUT2D eigenvalue weighted by Gasteiger charge is 2.20. The Hall–Kier alpha value is -0.800. The molecule has 1 saturated heterocycles. The average molecular weight is 320 g/mol. The van der Waals surface area contributed by atoms with E-state index in [1.807, 2.05) is 0 Å². The molecule has 9 heteroatoms. The van der Waals surface area contributed by atoms with Gasteiger partial charge in [0.2, 0.25) is 5.28 Å². The van der Waals surface area contributed by atoms with Crippen molar-refractivity contribution in [2.45, 2.75) is 4.21 Å². The van der Waals surface area contributed by atoms with Gasteiger partial charge in [0.15, 0.2) is 16.9 Å². The molecule has 0 aromatic carbocycles. The maximum Gasteiger partial charge on any atom is 0.224 e. The van der Waals surface area contributed by atoms with Crippen molar-refractivity contribution in [2.75, 3.05) is 31.2 Å². The molecule has 1 aliphatic rings. The zero-order chi connectivity index (χ0) is 13.4. The van der Waals surface area contributed by atoms with E-state index in [1.165, 1.54) is 11.3 Å². The average Bonchev–Trinajstić information content (AvgIpc) is 2.82. The zero-order valence-corrected chi connectivity index (χ0v) is 12.1. The topological polar surface area (TPSA) is 75.5 Å². The third kappa shape index (κ3) is 2.59. The number of anilines is 1. The van der Waals surface area contributed by atoms with Crippen molar-refractivity contribution in [3.63, 3.8) is 0 Å². The summed E-state index contributed by atoms with van der Waals surface area (Å²) >= 11 is 5.12. The smallest absolute Gasteiger partial charge is 0.224 e. The van der Waals surface area contributed by atoms with Crippen molar-refractivity contribution in [3.05, 3.63) is 11.3 Å². The first-order valence-corrected chi connectivity index (χ1v) is 7.86. The van der Waals surface area contributed by atoms with E-state index in [2.05, 4.69) is 14.9 Å². The SMILES string of the molecule is O=S(O)c1cc2nc(Cl)nc(N3CCOCC3)c2s1. The number of nitrogens with zero attached hydrogens (tertiary/aromatic N) is 3. The van der Waals surface area contributed by atoms with Crippen LogP contribution < -0.4 is 4.90 Å². The summed E-state index contributed by atoms with van der Waals surface area (Å²) in [7, 11) is 0. The van der Waals surface area contributed by atoms with Gasteiger partial charge in [-0.1, -0.05) is 0 Å². The quantitative estimate of drug-likeness (QED) is 0.671. The molecule has 0 radical (unpaired) electrons. The molecule has 6 nitrogen and oxygen atoms in total. The molecule has 3 rings (SSSR count). The van der Waals surface area contributed by atoms with Gasteiger partial charge in [-0.2, -0.15) is 4.98 Å². The van der Waals surface area contributed by atoms with Gasteiger partial charge in [-0.05, 0) is 17.7 Å². The molecule has 0 amide bonds. The Balaban J connectivity index is 2.13. The Labute approximate surface area is 120 Å². The third-order valence-electron chi connectivity index (χ3n) is 2.79. The minimum Gasteiger partial charge on any atom is -0.378 e. The Bertz CT molecular complexity index is 642. The Kier molecular flexibility index (Phi) is 3.68. The van der Waals surface area contributed by atoms with Crippen LogP contribution in [0.25, 0.3) is 10.2 Å². The van der Waals surface area contributed by atoms with Crippen molar-refractivity contribution in [1.29, 1.82) is 0 Å². The lowest BCUT2D eigenvalue weighted by atomic mass is 10.3. The molecule has 0 aliphatic carbocycles. The summed E-state index contributed by atoms with van der Waals surface area (Å²) in [5.41, 5.74) is 0.601. The summed E-state index contributed by atoms with van der Waals surface area (Å²) in [6.07, 6.45) is 0. The van der Waals surface area contributed by atoms with E-state index in [-0.39, 0.29) is 5.28 Å². The van der Waals surface area contributed by atoms with Crippen LogP contribution in [0.4, 0.5) is 5.82 Å². The number of hydrogen-bond acceptors (Lipinski definition) is 6. The molecular weight excluding hydrogens is 310 g/mol. The van der Waals surface area contributed by atoms with E-state index in [9.17, 15) is 4.21 Å². The van der Waals surface area contributed by atoms with E-state index in [0.29, 0.717) is 28.8 Å². The maximum atomic E-state index is 11.1. The monoisotopic (exact) mass is 319 g/mol. The number of rotatable bonds is 2. The molecule has 2 aromatic rings. The Morgan fingerprint density at radius 3 is 2.84 bits per heavy atom. The van der Waals surface area contributed by atoms with Crippen LogP contribution in [0.2, 0.25) is 5.28 Å². The lowest BCUT2D eigenvalue weighted by Gasteiger charge is -2.28. The number of fused-ring (bicyclic) bond motifs is 1. The fourth-order valence-corrected chi connectivity index (χ4v) is 3.71. The Morgan fingerprint density at radius 2 is 2.16 bits per heavy atom. The summed E-state index contributed by atoms with van der Waals surface area (Å²) < 4.78 is 26.7. The standard InChI is InChI=1S/C10H10ClN3O3S2/c11-10-12-6-5-7(19(15)16)18-8(6)9(13-10)14-1-3-17-4-2-14/h5H,1-4H2,(H,15,16). The number of aromatic nitrogens is 2. The van der Waals surface area contributed by atoms with E-state index < -0.39 is 11.1 Å². The minimum absolute atomic E-state index is 0.141. The second kappa shape index (κ2) is 5.29. The largest absolute Gasteiger partial charge is 0.378 e. The second-order valence-electron chi connectivity index (χ2n) is 3.94. The van der Waals surface area contributed by atoms with Gasteiger partial charge in [-0.25, -0.2) is 9.19 Å². The highest BCUT2D eigenvalue weighted by Crippen LogP contribution is 2.34. The van der Waals surface area contributed by atoms with Crippen molar-refractivity contribution >= 4 is 50.1 Å². The number of halogens is 1. The zero-order valence-electron chi connectivity index (χ0n) is 9.71. The highest BCUT2D eigenvalue weighted by molar-refractivity contribution is 7.82. The van der Waals surface area contributed by atoms with Gasteiger partial charge in [0.25, 0.3) is 0 Å². The normalized spacial score (nSPS) is 17.9. The van der Waals surface area contributed by atoms with Gasteiger partial charge in [0, 0.05) is 13.1 Å². The van der Waals surface area contributed by atoms with E-state index in [0.717, 1.165) is 17.8 Å².